The lowest BCUT2D eigenvalue weighted by Gasteiger charge is -2.40. The molecule has 3 rings (SSSR count). The Morgan fingerprint density at radius 2 is 2.16 bits per heavy atom. The molecule has 2 aliphatic rings. The zero-order valence-electron chi connectivity index (χ0n) is 10.3. The van der Waals surface area contributed by atoms with Gasteiger partial charge in [-0.1, -0.05) is 0 Å². The minimum absolute atomic E-state index is 0.252. The van der Waals surface area contributed by atoms with E-state index in [-0.39, 0.29) is 24.7 Å². The third kappa shape index (κ3) is 2.67. The monoisotopic (exact) mass is 268 g/mol. The third-order valence-electron chi connectivity index (χ3n) is 3.32. The van der Waals surface area contributed by atoms with Crippen molar-refractivity contribution in [1.82, 2.24) is 4.98 Å². The summed E-state index contributed by atoms with van der Waals surface area (Å²) in [6.07, 6.45) is 2.88. The molecule has 1 aliphatic carbocycles. The highest BCUT2D eigenvalue weighted by Gasteiger charge is 2.45. The highest BCUT2D eigenvalue weighted by atomic mass is 19.3. The molecule has 1 saturated carbocycles. The number of hydrogen-bond donors (Lipinski definition) is 0. The number of carbonyl (C=O) groups excluding carboxylic acids is 1. The van der Waals surface area contributed by atoms with Gasteiger partial charge in [0, 0.05) is 0 Å². The van der Waals surface area contributed by atoms with Crippen LogP contribution in [-0.4, -0.2) is 36.9 Å². The van der Waals surface area contributed by atoms with Crippen LogP contribution in [0.3, 0.4) is 0 Å². The van der Waals surface area contributed by atoms with Gasteiger partial charge in [-0.2, -0.15) is 0 Å². The van der Waals surface area contributed by atoms with E-state index in [1.807, 2.05) is 0 Å². The minimum atomic E-state index is -2.64. The van der Waals surface area contributed by atoms with Gasteiger partial charge < -0.3 is 9.64 Å². The maximum Gasteiger partial charge on any atom is 0.282 e. The van der Waals surface area contributed by atoms with Crippen LogP contribution in [0.4, 0.5) is 14.5 Å². The average Bonchev–Trinajstić information content (AvgIpc) is 3.17. The Hall–Kier alpha value is -1.72. The number of rotatable bonds is 5. The van der Waals surface area contributed by atoms with Crippen LogP contribution in [0.25, 0.3) is 0 Å². The van der Waals surface area contributed by atoms with Crippen molar-refractivity contribution < 1.29 is 18.3 Å². The van der Waals surface area contributed by atoms with Crippen molar-refractivity contribution in [2.24, 2.45) is 5.92 Å². The van der Waals surface area contributed by atoms with Gasteiger partial charge in [0.1, 0.15) is 11.4 Å². The number of alkyl halides is 2. The number of hydrogen-bond acceptors (Lipinski definition) is 4. The van der Waals surface area contributed by atoms with Gasteiger partial charge in [-0.25, -0.2) is 13.8 Å². The summed E-state index contributed by atoms with van der Waals surface area (Å²) in [5.41, 5.74) is 0.791. The largest absolute Gasteiger partial charge is 0.476 e. The molecule has 0 amide bonds. The van der Waals surface area contributed by atoms with Gasteiger partial charge >= 0.3 is 0 Å². The summed E-state index contributed by atoms with van der Waals surface area (Å²) in [6, 6.07) is 3.14. The van der Waals surface area contributed by atoms with Crippen molar-refractivity contribution in [3.8, 4) is 5.88 Å². The molecule has 0 N–H and O–H groups in total. The maximum atomic E-state index is 12.9. The highest BCUT2D eigenvalue weighted by Crippen LogP contribution is 2.37. The van der Waals surface area contributed by atoms with Gasteiger partial charge in [-0.05, 0) is 30.9 Å². The molecule has 0 atom stereocenters. The number of aldehydes is 1. The van der Waals surface area contributed by atoms with Crippen LogP contribution < -0.4 is 9.64 Å². The van der Waals surface area contributed by atoms with Crippen molar-refractivity contribution in [3.63, 3.8) is 0 Å². The minimum Gasteiger partial charge on any atom is -0.476 e. The number of aromatic nitrogens is 1. The molecule has 19 heavy (non-hydrogen) atoms. The molecule has 102 valence electrons. The second-order valence-corrected chi connectivity index (χ2v) is 5.14. The number of nitrogens with zero attached hydrogens (tertiary/aromatic N) is 2. The van der Waals surface area contributed by atoms with Gasteiger partial charge in [0.25, 0.3) is 5.92 Å². The summed E-state index contributed by atoms with van der Waals surface area (Å²) in [5.74, 6) is -1.82. The van der Waals surface area contributed by atoms with E-state index in [2.05, 4.69) is 4.98 Å². The summed E-state index contributed by atoms with van der Waals surface area (Å²) < 4.78 is 31.4. The topological polar surface area (TPSA) is 42.4 Å². The van der Waals surface area contributed by atoms with Crippen LogP contribution in [0, 0.1) is 5.92 Å². The molecule has 2 heterocycles. The lowest BCUT2D eigenvalue weighted by Crippen LogP contribution is -2.56. The van der Waals surface area contributed by atoms with Crippen LogP contribution in [0.1, 0.15) is 23.3 Å². The lowest BCUT2D eigenvalue weighted by molar-refractivity contribution is -0.0265. The molecule has 1 aromatic heterocycles. The Bertz CT molecular complexity index is 495. The molecule has 0 aromatic carbocycles. The lowest BCUT2D eigenvalue weighted by atomic mass is 10.1. The van der Waals surface area contributed by atoms with Crippen molar-refractivity contribution >= 4 is 12.0 Å². The van der Waals surface area contributed by atoms with Crippen LogP contribution in [0.15, 0.2) is 12.1 Å². The SMILES string of the molecule is O=Cc1ccc(N2CC(F)(F)C2)c(OCC2CC2)n1. The van der Waals surface area contributed by atoms with E-state index in [1.54, 1.807) is 6.07 Å². The summed E-state index contributed by atoms with van der Waals surface area (Å²) in [6.45, 7) is -0.115. The number of carbonyl (C=O) groups is 1. The van der Waals surface area contributed by atoms with Crippen LogP contribution >= 0.6 is 0 Å². The second-order valence-electron chi connectivity index (χ2n) is 5.14. The zero-order chi connectivity index (χ0) is 13.5. The molecule has 0 radical (unpaired) electrons. The van der Waals surface area contributed by atoms with Crippen molar-refractivity contribution in [1.29, 1.82) is 0 Å². The van der Waals surface area contributed by atoms with Gasteiger partial charge in [0.2, 0.25) is 5.88 Å². The molecular weight excluding hydrogens is 254 g/mol. The molecule has 4 nitrogen and oxygen atoms in total. The van der Waals surface area contributed by atoms with Gasteiger partial charge in [0.15, 0.2) is 6.29 Å². The second kappa shape index (κ2) is 4.43. The fraction of sp³-hybridized carbons (Fsp3) is 0.538. The van der Waals surface area contributed by atoms with E-state index in [9.17, 15) is 13.6 Å². The quantitative estimate of drug-likeness (QED) is 0.767. The van der Waals surface area contributed by atoms with E-state index < -0.39 is 5.92 Å². The first-order chi connectivity index (χ1) is 9.07. The molecule has 1 aromatic rings. The summed E-state index contributed by atoms with van der Waals surface area (Å²) in [7, 11) is 0. The van der Waals surface area contributed by atoms with Gasteiger partial charge in [-0.3, -0.25) is 4.79 Å². The highest BCUT2D eigenvalue weighted by molar-refractivity contribution is 5.74. The Morgan fingerprint density at radius 1 is 1.42 bits per heavy atom. The standard InChI is InChI=1S/C13H14F2N2O2/c14-13(15)7-17(8-13)11-4-3-10(5-18)16-12(11)19-6-9-1-2-9/h3-5,9H,1-2,6-8H2. The van der Waals surface area contributed by atoms with Crippen molar-refractivity contribution in [2.45, 2.75) is 18.8 Å². The third-order valence-corrected chi connectivity index (χ3v) is 3.32. The molecule has 1 aliphatic heterocycles. The Labute approximate surface area is 109 Å². The van der Waals surface area contributed by atoms with Crippen LogP contribution in [0.2, 0.25) is 0 Å². The predicted molar refractivity (Wildman–Crippen MR) is 65.0 cm³/mol. The first kappa shape index (κ1) is 12.3. The predicted octanol–water partition coefficient (Wildman–Crippen LogP) is 2.14. The Kier molecular flexibility index (Phi) is 2.88. The fourth-order valence-electron chi connectivity index (χ4n) is 2.02. The molecule has 6 heteroatoms. The molecule has 0 unspecified atom stereocenters. The molecule has 1 saturated heterocycles. The Morgan fingerprint density at radius 3 is 2.74 bits per heavy atom. The smallest absolute Gasteiger partial charge is 0.282 e. The first-order valence-corrected chi connectivity index (χ1v) is 6.29. The Balaban J connectivity index is 1.78. The summed E-state index contributed by atoms with van der Waals surface area (Å²) in [4.78, 5) is 16.3. The average molecular weight is 268 g/mol. The van der Waals surface area contributed by atoms with Crippen LogP contribution in [0.5, 0.6) is 5.88 Å². The molecule has 2 fully saturated rings. The van der Waals surface area contributed by atoms with E-state index in [0.29, 0.717) is 24.5 Å². The summed E-state index contributed by atoms with van der Waals surface area (Å²) in [5, 5.41) is 0. The van der Waals surface area contributed by atoms with E-state index in [1.165, 1.54) is 11.0 Å². The number of pyridine rings is 1. The van der Waals surface area contributed by atoms with Gasteiger partial charge in [-0.15, -0.1) is 0 Å². The normalized spacial score (nSPS) is 20.8. The van der Waals surface area contributed by atoms with Crippen molar-refractivity contribution in [3.05, 3.63) is 17.8 Å². The zero-order valence-corrected chi connectivity index (χ0v) is 10.3. The van der Waals surface area contributed by atoms with Gasteiger partial charge in [0.05, 0.1) is 19.7 Å². The molecule has 0 spiro atoms. The summed E-state index contributed by atoms with van der Waals surface area (Å²) >= 11 is 0. The van der Waals surface area contributed by atoms with E-state index >= 15 is 0 Å². The molecule has 0 bridgehead atoms. The van der Waals surface area contributed by atoms with E-state index in [4.69, 9.17) is 4.74 Å². The molecular formula is C13H14F2N2O2. The number of halogens is 2. The van der Waals surface area contributed by atoms with Crippen molar-refractivity contribution in [2.75, 3.05) is 24.6 Å². The number of ether oxygens (including phenoxy) is 1. The first-order valence-electron chi connectivity index (χ1n) is 6.29. The van der Waals surface area contributed by atoms with Crippen LogP contribution in [-0.2, 0) is 0 Å². The van der Waals surface area contributed by atoms with E-state index in [0.717, 1.165) is 12.8 Å². The fourth-order valence-corrected chi connectivity index (χ4v) is 2.02. The number of anilines is 1. The maximum absolute atomic E-state index is 12.9.